The van der Waals surface area contributed by atoms with Crippen molar-refractivity contribution < 1.29 is 9.53 Å². The molecular weight excluding hydrogens is 457 g/mol. The third kappa shape index (κ3) is 7.73. The van der Waals surface area contributed by atoms with Gasteiger partial charge in [0.25, 0.3) is 0 Å². The Bertz CT molecular complexity index is 461. The minimum Gasteiger partial charge on any atom is -0.379 e. The number of unbranched alkanes of at least 4 members (excludes halogenated alkanes) is 1. The Hall–Kier alpha value is -0.610. The quantitative estimate of drug-likeness (QED) is 0.232. The molecule has 0 spiro atoms. The molecule has 2 N–H and O–H groups in total. The van der Waals surface area contributed by atoms with E-state index >= 15 is 0 Å². The number of carbonyl (C=O) groups excluding carboxylic acids is 1. The Morgan fingerprint density at radius 1 is 1.15 bits per heavy atom. The van der Waals surface area contributed by atoms with Crippen LogP contribution < -0.4 is 10.6 Å². The Labute approximate surface area is 181 Å². The molecule has 7 nitrogen and oxygen atoms in total. The second-order valence-electron chi connectivity index (χ2n) is 7.70. The monoisotopic (exact) mass is 495 g/mol. The average Bonchev–Trinajstić information content (AvgIpc) is 3.14. The van der Waals surface area contributed by atoms with Crippen molar-refractivity contribution in [1.29, 1.82) is 0 Å². The van der Waals surface area contributed by atoms with E-state index in [0.717, 1.165) is 77.5 Å². The first-order valence-corrected chi connectivity index (χ1v) is 10.0. The summed E-state index contributed by atoms with van der Waals surface area (Å²) < 4.78 is 5.38. The van der Waals surface area contributed by atoms with Crippen LogP contribution in [0.5, 0.6) is 0 Å². The highest BCUT2D eigenvalue weighted by atomic mass is 127. The van der Waals surface area contributed by atoms with Crippen LogP contribution in [0.3, 0.4) is 0 Å². The molecule has 8 heteroatoms. The lowest BCUT2D eigenvalue weighted by Gasteiger charge is -2.31. The van der Waals surface area contributed by atoms with Crippen LogP contribution in [0.15, 0.2) is 4.99 Å². The fourth-order valence-electron chi connectivity index (χ4n) is 3.96. The van der Waals surface area contributed by atoms with Crippen molar-refractivity contribution in [3.05, 3.63) is 0 Å². The molecule has 0 radical (unpaired) electrons. The van der Waals surface area contributed by atoms with Crippen molar-refractivity contribution in [3.63, 3.8) is 0 Å². The molecule has 27 heavy (non-hydrogen) atoms. The Kier molecular flexibility index (Phi) is 11.6. The normalized spacial score (nSPS) is 20.0. The Balaban J connectivity index is 0.00000364. The van der Waals surface area contributed by atoms with E-state index in [1.54, 1.807) is 11.9 Å². The van der Waals surface area contributed by atoms with Crippen LogP contribution >= 0.6 is 24.0 Å². The molecule has 0 atom stereocenters. The lowest BCUT2D eigenvalue weighted by molar-refractivity contribution is -0.138. The van der Waals surface area contributed by atoms with Crippen molar-refractivity contribution in [2.45, 2.75) is 38.5 Å². The van der Waals surface area contributed by atoms with E-state index in [9.17, 15) is 4.79 Å². The summed E-state index contributed by atoms with van der Waals surface area (Å²) in [7, 11) is 5.49. The number of hydrogen-bond donors (Lipinski definition) is 2. The van der Waals surface area contributed by atoms with Crippen LogP contribution in [0.2, 0.25) is 0 Å². The molecule has 1 saturated heterocycles. The van der Waals surface area contributed by atoms with Crippen LogP contribution in [0.25, 0.3) is 0 Å². The second kappa shape index (κ2) is 12.8. The van der Waals surface area contributed by atoms with E-state index in [-0.39, 0.29) is 35.3 Å². The van der Waals surface area contributed by atoms with E-state index in [1.807, 2.05) is 14.1 Å². The molecule has 2 aliphatic rings. The Morgan fingerprint density at radius 2 is 1.81 bits per heavy atom. The van der Waals surface area contributed by atoms with Gasteiger partial charge in [-0.1, -0.05) is 12.8 Å². The number of rotatable bonds is 8. The highest BCUT2D eigenvalue weighted by Gasteiger charge is 2.42. The molecule has 2 fully saturated rings. The molecule has 1 amide bonds. The number of hydrogen-bond acceptors (Lipinski definition) is 4. The highest BCUT2D eigenvalue weighted by Crippen LogP contribution is 2.38. The summed E-state index contributed by atoms with van der Waals surface area (Å²) in [4.78, 5) is 21.1. The standard InChI is InChI=1S/C19H37N5O2.HI/c1-20-18(21-10-6-7-11-24-12-14-26-15-13-24)22-16-19(8-4-5-9-19)17(25)23(2)3;/h4-16H2,1-3H3,(H2,20,21,22);1H. The number of guanidine groups is 1. The smallest absolute Gasteiger partial charge is 0.230 e. The van der Waals surface area contributed by atoms with Gasteiger partial charge < -0.3 is 20.3 Å². The second-order valence-corrected chi connectivity index (χ2v) is 7.70. The molecule has 0 aromatic heterocycles. The zero-order valence-electron chi connectivity index (χ0n) is 17.3. The lowest BCUT2D eigenvalue weighted by atomic mass is 9.84. The molecule has 0 bridgehead atoms. The topological polar surface area (TPSA) is 69.2 Å². The zero-order chi connectivity index (χ0) is 18.8. The summed E-state index contributed by atoms with van der Waals surface area (Å²) in [5, 5.41) is 6.78. The summed E-state index contributed by atoms with van der Waals surface area (Å²) in [6.07, 6.45) is 6.48. The first kappa shape index (κ1) is 24.4. The summed E-state index contributed by atoms with van der Waals surface area (Å²) in [6, 6.07) is 0. The molecule has 2 rings (SSSR count). The maximum Gasteiger partial charge on any atom is 0.230 e. The maximum atomic E-state index is 12.6. The zero-order valence-corrected chi connectivity index (χ0v) is 19.6. The minimum absolute atomic E-state index is 0. The number of aliphatic imine (C=N–C) groups is 1. The van der Waals surface area contributed by atoms with Crippen LogP contribution in [0, 0.1) is 5.41 Å². The number of carbonyl (C=O) groups is 1. The lowest BCUT2D eigenvalue weighted by Crippen LogP contribution is -2.49. The van der Waals surface area contributed by atoms with Gasteiger partial charge in [-0.05, 0) is 32.2 Å². The fourth-order valence-corrected chi connectivity index (χ4v) is 3.96. The average molecular weight is 495 g/mol. The van der Waals surface area contributed by atoms with Gasteiger partial charge in [-0.15, -0.1) is 24.0 Å². The third-order valence-electron chi connectivity index (χ3n) is 5.54. The van der Waals surface area contributed by atoms with E-state index in [1.165, 1.54) is 6.42 Å². The number of morpholine rings is 1. The van der Waals surface area contributed by atoms with Crippen molar-refractivity contribution in [3.8, 4) is 0 Å². The molecule has 1 heterocycles. The number of ether oxygens (including phenoxy) is 1. The summed E-state index contributed by atoms with van der Waals surface area (Å²) in [5.74, 6) is 1.04. The van der Waals surface area contributed by atoms with Gasteiger partial charge in [0.1, 0.15) is 0 Å². The molecule has 1 saturated carbocycles. The van der Waals surface area contributed by atoms with Gasteiger partial charge in [-0.25, -0.2) is 0 Å². The summed E-state index contributed by atoms with van der Waals surface area (Å²) >= 11 is 0. The number of halogens is 1. The van der Waals surface area contributed by atoms with Crippen LogP contribution in [-0.2, 0) is 9.53 Å². The maximum absolute atomic E-state index is 12.6. The van der Waals surface area contributed by atoms with Crippen LogP contribution in [0.4, 0.5) is 0 Å². The minimum atomic E-state index is -0.266. The van der Waals surface area contributed by atoms with Gasteiger partial charge in [0, 0.05) is 47.3 Å². The molecule has 0 aromatic carbocycles. The van der Waals surface area contributed by atoms with Gasteiger partial charge in [0.05, 0.1) is 18.6 Å². The van der Waals surface area contributed by atoms with E-state index < -0.39 is 0 Å². The Morgan fingerprint density at radius 3 is 2.41 bits per heavy atom. The first-order valence-electron chi connectivity index (χ1n) is 10.0. The van der Waals surface area contributed by atoms with Gasteiger partial charge >= 0.3 is 0 Å². The van der Waals surface area contributed by atoms with E-state index in [0.29, 0.717) is 6.54 Å². The van der Waals surface area contributed by atoms with Gasteiger partial charge in [0.2, 0.25) is 5.91 Å². The number of nitrogens with zero attached hydrogens (tertiary/aromatic N) is 3. The van der Waals surface area contributed by atoms with Gasteiger partial charge in [-0.2, -0.15) is 0 Å². The molecule has 0 aromatic rings. The molecular formula is C19H38IN5O2. The van der Waals surface area contributed by atoms with Crippen LogP contribution in [-0.4, -0.2) is 88.7 Å². The molecule has 1 aliphatic carbocycles. The van der Waals surface area contributed by atoms with Gasteiger partial charge in [0.15, 0.2) is 5.96 Å². The van der Waals surface area contributed by atoms with Crippen molar-refractivity contribution in [2.24, 2.45) is 10.4 Å². The van der Waals surface area contributed by atoms with E-state index in [4.69, 9.17) is 4.74 Å². The summed E-state index contributed by atoms with van der Waals surface area (Å²) in [5.41, 5.74) is -0.266. The molecule has 1 aliphatic heterocycles. The molecule has 158 valence electrons. The first-order chi connectivity index (χ1) is 12.6. The summed E-state index contributed by atoms with van der Waals surface area (Å²) in [6.45, 7) is 6.54. The largest absolute Gasteiger partial charge is 0.379 e. The van der Waals surface area contributed by atoms with Crippen molar-refractivity contribution >= 4 is 35.8 Å². The number of nitrogens with one attached hydrogen (secondary N) is 2. The SMILES string of the molecule is CN=C(NCCCCN1CCOCC1)NCC1(C(=O)N(C)C)CCCC1.I. The predicted molar refractivity (Wildman–Crippen MR) is 121 cm³/mol. The van der Waals surface area contributed by atoms with Crippen molar-refractivity contribution in [1.82, 2.24) is 20.4 Å². The van der Waals surface area contributed by atoms with Gasteiger partial charge in [-0.3, -0.25) is 14.7 Å². The molecule has 0 unspecified atom stereocenters. The van der Waals surface area contributed by atoms with Crippen molar-refractivity contribution in [2.75, 3.05) is 67.1 Å². The predicted octanol–water partition coefficient (Wildman–Crippen LogP) is 1.53. The third-order valence-corrected chi connectivity index (χ3v) is 5.54. The fraction of sp³-hybridized carbons (Fsp3) is 0.895. The number of amides is 1. The van der Waals surface area contributed by atoms with E-state index in [2.05, 4.69) is 20.5 Å². The van der Waals surface area contributed by atoms with Crippen LogP contribution in [0.1, 0.15) is 38.5 Å². The highest BCUT2D eigenvalue weighted by molar-refractivity contribution is 14.0.